The average Bonchev–Trinajstić information content (AvgIpc) is 2.71. The molecule has 3 nitrogen and oxygen atoms in total. The van der Waals surface area contributed by atoms with E-state index >= 15 is 0 Å². The SMILES string of the molecule is CCN(C)CC1COC2(CCC(C(C)(C)C)CC2)O1. The Morgan fingerprint density at radius 2 is 1.84 bits per heavy atom. The summed E-state index contributed by atoms with van der Waals surface area (Å²) in [6.45, 7) is 12.1. The van der Waals surface area contributed by atoms with Crippen molar-refractivity contribution in [2.75, 3.05) is 26.7 Å². The molecule has 0 aromatic heterocycles. The summed E-state index contributed by atoms with van der Waals surface area (Å²) in [5.74, 6) is 0.559. The summed E-state index contributed by atoms with van der Waals surface area (Å²) in [4.78, 5) is 2.30. The lowest BCUT2D eigenvalue weighted by molar-refractivity contribution is -0.197. The van der Waals surface area contributed by atoms with Gasteiger partial charge in [0.05, 0.1) is 12.7 Å². The van der Waals surface area contributed by atoms with Crippen LogP contribution in [0.5, 0.6) is 0 Å². The molecule has 0 bridgehead atoms. The predicted molar refractivity (Wildman–Crippen MR) is 78.1 cm³/mol. The Bertz CT molecular complexity index is 290. The van der Waals surface area contributed by atoms with Crippen molar-refractivity contribution in [1.82, 2.24) is 4.90 Å². The van der Waals surface area contributed by atoms with Crippen molar-refractivity contribution in [2.45, 2.75) is 65.3 Å². The Hall–Kier alpha value is -0.120. The highest BCUT2D eigenvalue weighted by atomic mass is 16.7. The molecule has 112 valence electrons. The summed E-state index contributed by atoms with van der Waals surface area (Å²) >= 11 is 0. The van der Waals surface area contributed by atoms with Gasteiger partial charge in [-0.25, -0.2) is 0 Å². The Morgan fingerprint density at radius 3 is 2.37 bits per heavy atom. The van der Waals surface area contributed by atoms with E-state index in [1.165, 1.54) is 12.8 Å². The van der Waals surface area contributed by atoms with Crippen molar-refractivity contribution in [3.63, 3.8) is 0 Å². The van der Waals surface area contributed by atoms with Crippen LogP contribution in [0, 0.1) is 11.3 Å². The summed E-state index contributed by atoms with van der Waals surface area (Å²) in [6.07, 6.45) is 4.87. The van der Waals surface area contributed by atoms with Gasteiger partial charge in [-0.3, -0.25) is 0 Å². The van der Waals surface area contributed by atoms with E-state index in [0.29, 0.717) is 5.41 Å². The molecule has 0 aromatic carbocycles. The highest BCUT2D eigenvalue weighted by Gasteiger charge is 2.45. The van der Waals surface area contributed by atoms with Crippen LogP contribution in [0.15, 0.2) is 0 Å². The first-order valence-electron chi connectivity index (χ1n) is 7.85. The summed E-state index contributed by atoms with van der Waals surface area (Å²) in [5, 5.41) is 0. The molecule has 1 spiro atoms. The molecule has 1 aliphatic carbocycles. The maximum Gasteiger partial charge on any atom is 0.168 e. The monoisotopic (exact) mass is 269 g/mol. The summed E-state index contributed by atoms with van der Waals surface area (Å²) in [7, 11) is 2.14. The maximum atomic E-state index is 6.26. The fourth-order valence-corrected chi connectivity index (χ4v) is 3.37. The lowest BCUT2D eigenvalue weighted by atomic mass is 9.71. The number of likely N-dealkylation sites (N-methyl/N-ethyl adjacent to an activating group) is 1. The third kappa shape index (κ3) is 3.71. The lowest BCUT2D eigenvalue weighted by Gasteiger charge is -2.41. The first-order chi connectivity index (χ1) is 8.85. The fraction of sp³-hybridized carbons (Fsp3) is 1.00. The minimum absolute atomic E-state index is 0.249. The van der Waals surface area contributed by atoms with Gasteiger partial charge < -0.3 is 14.4 Å². The van der Waals surface area contributed by atoms with Crippen molar-refractivity contribution in [3.05, 3.63) is 0 Å². The van der Waals surface area contributed by atoms with Crippen LogP contribution in [0.1, 0.15) is 53.4 Å². The van der Waals surface area contributed by atoms with E-state index in [-0.39, 0.29) is 11.9 Å². The first kappa shape index (κ1) is 15.3. The third-order valence-electron chi connectivity index (χ3n) is 4.94. The van der Waals surface area contributed by atoms with Gasteiger partial charge in [0.2, 0.25) is 0 Å². The smallest absolute Gasteiger partial charge is 0.168 e. The van der Waals surface area contributed by atoms with Gasteiger partial charge in [0.15, 0.2) is 5.79 Å². The van der Waals surface area contributed by atoms with Crippen LogP contribution in [0.4, 0.5) is 0 Å². The molecule has 1 atom stereocenters. The molecule has 2 rings (SSSR count). The Morgan fingerprint density at radius 1 is 1.21 bits per heavy atom. The Labute approximate surface area is 118 Å². The van der Waals surface area contributed by atoms with E-state index in [0.717, 1.165) is 38.5 Å². The first-order valence-corrected chi connectivity index (χ1v) is 7.85. The lowest BCUT2D eigenvalue weighted by Crippen LogP contribution is -2.39. The molecular formula is C16H31NO2. The van der Waals surface area contributed by atoms with Crippen LogP contribution < -0.4 is 0 Å². The van der Waals surface area contributed by atoms with Crippen molar-refractivity contribution in [2.24, 2.45) is 11.3 Å². The normalized spacial score (nSPS) is 36.3. The minimum Gasteiger partial charge on any atom is -0.347 e. The standard InChI is InChI=1S/C16H31NO2/c1-6-17(5)11-14-12-18-16(19-14)9-7-13(8-10-16)15(2,3)4/h13-14H,6-12H2,1-5H3. The number of rotatable bonds is 3. The molecule has 2 aliphatic rings. The van der Waals surface area contributed by atoms with E-state index in [1.807, 2.05) is 0 Å². The molecular weight excluding hydrogens is 238 g/mol. The van der Waals surface area contributed by atoms with Gasteiger partial charge >= 0.3 is 0 Å². The highest BCUT2D eigenvalue weighted by molar-refractivity contribution is 4.89. The molecule has 19 heavy (non-hydrogen) atoms. The van der Waals surface area contributed by atoms with E-state index < -0.39 is 0 Å². The second-order valence-electron chi connectivity index (χ2n) is 7.46. The zero-order valence-corrected chi connectivity index (χ0v) is 13.4. The second-order valence-corrected chi connectivity index (χ2v) is 7.46. The Kier molecular flexibility index (Phi) is 4.59. The third-order valence-corrected chi connectivity index (χ3v) is 4.94. The van der Waals surface area contributed by atoms with Crippen LogP contribution in [0.2, 0.25) is 0 Å². The van der Waals surface area contributed by atoms with E-state index in [9.17, 15) is 0 Å². The summed E-state index contributed by atoms with van der Waals surface area (Å²) in [6, 6.07) is 0. The highest BCUT2D eigenvalue weighted by Crippen LogP contribution is 2.45. The summed E-state index contributed by atoms with van der Waals surface area (Å²) < 4.78 is 12.3. The van der Waals surface area contributed by atoms with Crippen LogP contribution in [-0.4, -0.2) is 43.5 Å². The van der Waals surface area contributed by atoms with Gasteiger partial charge in [0.1, 0.15) is 0 Å². The number of ether oxygens (including phenoxy) is 2. The molecule has 1 heterocycles. The molecule has 3 heteroatoms. The number of hydrogen-bond acceptors (Lipinski definition) is 3. The molecule has 1 aliphatic heterocycles. The van der Waals surface area contributed by atoms with Gasteiger partial charge in [-0.2, -0.15) is 0 Å². The zero-order chi connectivity index (χ0) is 14.1. The molecule has 1 saturated carbocycles. The largest absolute Gasteiger partial charge is 0.347 e. The predicted octanol–water partition coefficient (Wildman–Crippen LogP) is 3.29. The van der Waals surface area contributed by atoms with Crippen LogP contribution in [0.3, 0.4) is 0 Å². The van der Waals surface area contributed by atoms with Gasteiger partial charge in [-0.1, -0.05) is 27.7 Å². The quantitative estimate of drug-likeness (QED) is 0.785. The van der Waals surface area contributed by atoms with E-state index in [2.05, 4.69) is 39.6 Å². The number of hydrogen-bond donors (Lipinski definition) is 0. The molecule has 1 unspecified atom stereocenters. The molecule has 1 saturated heterocycles. The van der Waals surface area contributed by atoms with Crippen molar-refractivity contribution in [3.8, 4) is 0 Å². The summed E-state index contributed by atoms with van der Waals surface area (Å²) in [5.41, 5.74) is 0.419. The van der Waals surface area contributed by atoms with Crippen molar-refractivity contribution >= 4 is 0 Å². The minimum atomic E-state index is -0.249. The zero-order valence-electron chi connectivity index (χ0n) is 13.4. The second kappa shape index (κ2) is 5.71. The van der Waals surface area contributed by atoms with Gasteiger partial charge in [-0.05, 0) is 37.8 Å². The molecule has 0 N–H and O–H groups in total. The van der Waals surface area contributed by atoms with Crippen LogP contribution in [0.25, 0.3) is 0 Å². The average molecular weight is 269 g/mol. The van der Waals surface area contributed by atoms with E-state index in [1.54, 1.807) is 0 Å². The van der Waals surface area contributed by atoms with Gasteiger partial charge in [-0.15, -0.1) is 0 Å². The molecule has 0 aromatic rings. The van der Waals surface area contributed by atoms with Gasteiger partial charge in [0.25, 0.3) is 0 Å². The van der Waals surface area contributed by atoms with E-state index in [4.69, 9.17) is 9.47 Å². The van der Waals surface area contributed by atoms with Crippen molar-refractivity contribution in [1.29, 1.82) is 0 Å². The van der Waals surface area contributed by atoms with Crippen molar-refractivity contribution < 1.29 is 9.47 Å². The molecule has 0 radical (unpaired) electrons. The van der Waals surface area contributed by atoms with Gasteiger partial charge in [0, 0.05) is 19.4 Å². The maximum absolute atomic E-state index is 6.26. The molecule has 0 amide bonds. The number of nitrogens with zero attached hydrogens (tertiary/aromatic N) is 1. The topological polar surface area (TPSA) is 21.7 Å². The fourth-order valence-electron chi connectivity index (χ4n) is 3.37. The van der Waals surface area contributed by atoms with Crippen LogP contribution >= 0.6 is 0 Å². The molecule has 2 fully saturated rings. The van der Waals surface area contributed by atoms with Crippen LogP contribution in [-0.2, 0) is 9.47 Å². The Balaban J connectivity index is 1.84.